The minimum Gasteiger partial charge on any atom is -0.487 e. The number of methoxy groups -OCH3 is 1. The quantitative estimate of drug-likeness (QED) is 0.636. The lowest BCUT2D eigenvalue weighted by molar-refractivity contribution is 0.0511. The molecule has 1 saturated heterocycles. The van der Waals surface area contributed by atoms with Gasteiger partial charge < -0.3 is 20.1 Å². The molecule has 2 aromatic rings. The van der Waals surface area contributed by atoms with E-state index in [2.05, 4.69) is 15.6 Å². The lowest BCUT2D eigenvalue weighted by atomic mass is 9.79. The van der Waals surface area contributed by atoms with Crippen molar-refractivity contribution in [2.45, 2.75) is 26.4 Å². The van der Waals surface area contributed by atoms with Gasteiger partial charge in [0.1, 0.15) is 12.4 Å². The molecule has 166 valence electrons. The Kier molecular flexibility index (Phi) is 11.1. The van der Waals surface area contributed by atoms with Gasteiger partial charge in [-0.15, -0.1) is 24.8 Å². The van der Waals surface area contributed by atoms with Crippen LogP contribution in [0, 0.1) is 12.3 Å². The maximum atomic E-state index is 12.7. The summed E-state index contributed by atoms with van der Waals surface area (Å²) in [5, 5.41) is 6.47. The number of carbonyl (C=O) groups is 1. The van der Waals surface area contributed by atoms with Gasteiger partial charge in [-0.1, -0.05) is 12.1 Å². The third-order valence-electron chi connectivity index (χ3n) is 5.22. The zero-order chi connectivity index (χ0) is 19.8. The Morgan fingerprint density at radius 2 is 1.97 bits per heavy atom. The topological polar surface area (TPSA) is 72.5 Å². The van der Waals surface area contributed by atoms with Crippen LogP contribution < -0.4 is 15.4 Å². The van der Waals surface area contributed by atoms with Crippen LogP contribution in [0.15, 0.2) is 42.6 Å². The van der Waals surface area contributed by atoms with Gasteiger partial charge in [-0.2, -0.15) is 0 Å². The molecule has 1 aliphatic rings. The zero-order valence-electron chi connectivity index (χ0n) is 17.5. The molecule has 6 nitrogen and oxygen atoms in total. The summed E-state index contributed by atoms with van der Waals surface area (Å²) in [5.41, 5.74) is 2.55. The number of amides is 1. The third kappa shape index (κ3) is 7.43. The van der Waals surface area contributed by atoms with E-state index < -0.39 is 0 Å². The molecule has 1 fully saturated rings. The Bertz CT molecular complexity index is 776. The second-order valence-corrected chi connectivity index (χ2v) is 7.49. The number of hydrogen-bond donors (Lipinski definition) is 2. The molecule has 0 unspecified atom stereocenters. The highest BCUT2D eigenvalue weighted by Gasteiger charge is 2.32. The van der Waals surface area contributed by atoms with E-state index in [4.69, 9.17) is 9.47 Å². The highest BCUT2D eigenvalue weighted by Crippen LogP contribution is 2.28. The summed E-state index contributed by atoms with van der Waals surface area (Å²) in [7, 11) is 1.72. The van der Waals surface area contributed by atoms with Crippen LogP contribution in [0.25, 0.3) is 0 Å². The lowest BCUT2D eigenvalue weighted by Gasteiger charge is -2.37. The van der Waals surface area contributed by atoms with Gasteiger partial charge in [-0.25, -0.2) is 0 Å². The van der Waals surface area contributed by atoms with Gasteiger partial charge in [-0.3, -0.25) is 9.78 Å². The Hall–Kier alpha value is -1.86. The maximum Gasteiger partial charge on any atom is 0.251 e. The van der Waals surface area contributed by atoms with Crippen molar-refractivity contribution in [3.63, 3.8) is 0 Å². The first-order valence-electron chi connectivity index (χ1n) is 9.72. The van der Waals surface area contributed by atoms with Crippen molar-refractivity contribution in [2.24, 2.45) is 5.41 Å². The van der Waals surface area contributed by atoms with Gasteiger partial charge >= 0.3 is 0 Å². The van der Waals surface area contributed by atoms with Gasteiger partial charge in [0, 0.05) is 30.3 Å². The number of hydrogen-bond acceptors (Lipinski definition) is 5. The van der Waals surface area contributed by atoms with Gasteiger partial charge in [0.15, 0.2) is 0 Å². The van der Waals surface area contributed by atoms with E-state index in [0.717, 1.165) is 37.2 Å². The standard InChI is InChI=1S/C22H29N3O3.2ClH/c1-17-6-7-20(13-24-17)28-14-18-4-3-5-19(12-18)21(26)25-15-22(16-27-2)8-10-23-11-9-22;;/h3-7,12-13,23H,8-11,14-16H2,1-2H3,(H,25,26);2*1H. The number of rotatable bonds is 8. The molecule has 1 aromatic heterocycles. The summed E-state index contributed by atoms with van der Waals surface area (Å²) in [6.45, 7) is 5.53. The van der Waals surface area contributed by atoms with E-state index in [1.54, 1.807) is 13.3 Å². The van der Waals surface area contributed by atoms with Crippen molar-refractivity contribution in [1.29, 1.82) is 0 Å². The fraction of sp³-hybridized carbons (Fsp3) is 0.455. The van der Waals surface area contributed by atoms with Crippen molar-refractivity contribution in [2.75, 3.05) is 33.4 Å². The van der Waals surface area contributed by atoms with Crippen LogP contribution in [0.5, 0.6) is 5.75 Å². The summed E-state index contributed by atoms with van der Waals surface area (Å²) < 4.78 is 11.2. The first-order valence-corrected chi connectivity index (χ1v) is 9.72. The highest BCUT2D eigenvalue weighted by atomic mass is 35.5. The van der Waals surface area contributed by atoms with Crippen LogP contribution in [0.3, 0.4) is 0 Å². The molecular weight excluding hydrogens is 425 g/mol. The smallest absolute Gasteiger partial charge is 0.251 e. The largest absolute Gasteiger partial charge is 0.487 e. The van der Waals surface area contributed by atoms with Crippen molar-refractivity contribution >= 4 is 30.7 Å². The molecule has 0 bridgehead atoms. The fourth-order valence-electron chi connectivity index (χ4n) is 3.51. The van der Waals surface area contributed by atoms with E-state index in [9.17, 15) is 4.79 Å². The Morgan fingerprint density at radius 3 is 2.63 bits per heavy atom. The summed E-state index contributed by atoms with van der Waals surface area (Å²) in [6.07, 6.45) is 3.71. The van der Waals surface area contributed by atoms with Crippen LogP contribution >= 0.6 is 24.8 Å². The van der Waals surface area contributed by atoms with E-state index >= 15 is 0 Å². The van der Waals surface area contributed by atoms with Crippen molar-refractivity contribution in [3.05, 3.63) is 59.4 Å². The second-order valence-electron chi connectivity index (χ2n) is 7.49. The number of nitrogens with zero attached hydrogens (tertiary/aromatic N) is 1. The van der Waals surface area contributed by atoms with E-state index in [-0.39, 0.29) is 36.1 Å². The van der Waals surface area contributed by atoms with Gasteiger partial charge in [-0.05, 0) is 62.7 Å². The summed E-state index contributed by atoms with van der Waals surface area (Å²) in [4.78, 5) is 16.9. The summed E-state index contributed by atoms with van der Waals surface area (Å²) >= 11 is 0. The molecule has 0 spiro atoms. The summed E-state index contributed by atoms with van der Waals surface area (Å²) in [5.74, 6) is 0.653. The van der Waals surface area contributed by atoms with Crippen LogP contribution in [0.1, 0.15) is 34.5 Å². The van der Waals surface area contributed by atoms with Gasteiger partial charge in [0.2, 0.25) is 0 Å². The Labute approximate surface area is 191 Å². The third-order valence-corrected chi connectivity index (χ3v) is 5.22. The molecular formula is C22H31Cl2N3O3. The molecule has 2 heterocycles. The molecule has 30 heavy (non-hydrogen) atoms. The first-order chi connectivity index (χ1) is 13.6. The molecule has 1 aromatic carbocycles. The number of benzene rings is 1. The fourth-order valence-corrected chi connectivity index (χ4v) is 3.51. The molecule has 0 radical (unpaired) electrons. The number of carbonyl (C=O) groups excluding carboxylic acids is 1. The molecule has 0 atom stereocenters. The number of ether oxygens (including phenoxy) is 2. The molecule has 2 N–H and O–H groups in total. The van der Waals surface area contributed by atoms with E-state index in [1.165, 1.54) is 0 Å². The van der Waals surface area contributed by atoms with Crippen LogP contribution in [0.2, 0.25) is 0 Å². The first kappa shape index (κ1) is 26.2. The zero-order valence-corrected chi connectivity index (χ0v) is 19.1. The van der Waals surface area contributed by atoms with E-state index in [0.29, 0.717) is 31.1 Å². The van der Waals surface area contributed by atoms with Crippen LogP contribution in [0.4, 0.5) is 0 Å². The molecule has 1 aliphatic heterocycles. The monoisotopic (exact) mass is 455 g/mol. The normalized spacial score (nSPS) is 14.7. The maximum absolute atomic E-state index is 12.7. The number of pyridine rings is 1. The SMILES string of the molecule is COCC1(CNC(=O)c2cccc(COc3ccc(C)nc3)c2)CCNCC1.Cl.Cl. The summed E-state index contributed by atoms with van der Waals surface area (Å²) in [6, 6.07) is 11.4. The average molecular weight is 456 g/mol. The molecule has 3 rings (SSSR count). The number of aromatic nitrogens is 1. The molecule has 0 saturated carbocycles. The van der Waals surface area contributed by atoms with Crippen LogP contribution in [-0.2, 0) is 11.3 Å². The minimum absolute atomic E-state index is 0. The predicted molar refractivity (Wildman–Crippen MR) is 123 cm³/mol. The number of piperidine rings is 1. The number of halogens is 2. The molecule has 8 heteroatoms. The minimum atomic E-state index is -0.0622. The second kappa shape index (κ2) is 12.7. The molecule has 0 aliphatic carbocycles. The Morgan fingerprint density at radius 1 is 1.20 bits per heavy atom. The number of nitrogens with one attached hydrogen (secondary N) is 2. The predicted octanol–water partition coefficient (Wildman–Crippen LogP) is 3.56. The highest BCUT2D eigenvalue weighted by molar-refractivity contribution is 5.94. The van der Waals surface area contributed by atoms with Gasteiger partial charge in [0.05, 0.1) is 12.8 Å². The lowest BCUT2D eigenvalue weighted by Crippen LogP contribution is -2.47. The Balaban J connectivity index is 0.00000225. The van der Waals surface area contributed by atoms with E-state index in [1.807, 2.05) is 43.3 Å². The number of aryl methyl sites for hydroxylation is 1. The van der Waals surface area contributed by atoms with Crippen molar-refractivity contribution < 1.29 is 14.3 Å². The molecule has 1 amide bonds. The van der Waals surface area contributed by atoms with Crippen LogP contribution in [-0.4, -0.2) is 44.2 Å². The average Bonchev–Trinajstić information content (AvgIpc) is 2.73. The van der Waals surface area contributed by atoms with Gasteiger partial charge in [0.25, 0.3) is 5.91 Å². The van der Waals surface area contributed by atoms with Crippen molar-refractivity contribution in [3.8, 4) is 5.75 Å². The van der Waals surface area contributed by atoms with Crippen molar-refractivity contribution in [1.82, 2.24) is 15.6 Å².